The number of fused-ring (bicyclic) bond motifs is 3. The van der Waals surface area contributed by atoms with Gasteiger partial charge >= 0.3 is 0 Å². The lowest BCUT2D eigenvalue weighted by atomic mass is 10.0. The van der Waals surface area contributed by atoms with Crippen LogP contribution in [0.25, 0.3) is 67.3 Å². The molecule has 0 atom stereocenters. The van der Waals surface area contributed by atoms with Gasteiger partial charge in [-0.25, -0.2) is 0 Å². The van der Waals surface area contributed by atoms with E-state index in [-0.39, 0.29) is 18.3 Å². The molecule has 0 saturated carbocycles. The maximum absolute atomic E-state index is 13.7. The quantitative estimate of drug-likeness (QED) is 0.146. The van der Waals surface area contributed by atoms with E-state index in [4.69, 9.17) is 8.83 Å². The first-order valence-electron chi connectivity index (χ1n) is 15.3. The van der Waals surface area contributed by atoms with Crippen molar-refractivity contribution in [2.24, 2.45) is 0 Å². The van der Waals surface area contributed by atoms with E-state index >= 15 is 0 Å². The van der Waals surface area contributed by atoms with Gasteiger partial charge in [0.2, 0.25) is 5.43 Å². The molecular formula is C43H38O4. The Balaban J connectivity index is 0.000000964. The Morgan fingerprint density at radius 3 is 1.57 bits per heavy atom. The highest BCUT2D eigenvalue weighted by Crippen LogP contribution is 2.26. The Labute approximate surface area is 275 Å². The standard InChI is InChI=1S/C38H26O4.C2H6.C2H2.CH4/c1-2-33-29(37(39)31-22-27(15-19-35(31)41-33)25-9-5-3-6-10-25)17-13-24-14-18-34-30(21-24)38(40)32-23-28(16-20-36(32)42-34)26-11-7-4-8-12-26;2*1-2;/h2-12,14-23H,13H2,1H3;1-2H3;1-2H;1H4/b29-17+,33-2+;;;. The largest absolute Gasteiger partial charge is 0.456 e. The van der Waals surface area contributed by atoms with Gasteiger partial charge in [0.05, 0.1) is 21.4 Å². The summed E-state index contributed by atoms with van der Waals surface area (Å²) in [6, 6.07) is 37.0. The van der Waals surface area contributed by atoms with Crippen molar-refractivity contribution in [2.45, 2.75) is 34.6 Å². The molecule has 0 N–H and O–H groups in total. The zero-order chi connectivity index (χ0) is 32.6. The minimum Gasteiger partial charge on any atom is -0.456 e. The van der Waals surface area contributed by atoms with Crippen LogP contribution in [0.2, 0.25) is 0 Å². The normalized spacial score (nSPS) is 11.3. The molecule has 0 fully saturated rings. The van der Waals surface area contributed by atoms with Crippen LogP contribution in [0.4, 0.5) is 0 Å². The van der Waals surface area contributed by atoms with Crippen LogP contribution in [0.1, 0.15) is 33.8 Å². The third-order valence-corrected chi connectivity index (χ3v) is 7.71. The van der Waals surface area contributed by atoms with Crippen molar-refractivity contribution in [1.29, 1.82) is 0 Å². The fourth-order valence-electron chi connectivity index (χ4n) is 5.51. The SMILES string of the molecule is C.C#C.C/C=c1/oc2ccc(-c3ccccc3)cc2c(=O)/c1=C/Cc1ccc2oc3ccc(-c4ccccc4)cc3c(=O)c2c1.CC. The fourth-order valence-corrected chi connectivity index (χ4v) is 5.51. The molecule has 0 saturated heterocycles. The van der Waals surface area contributed by atoms with Crippen LogP contribution in [0.15, 0.2) is 134 Å². The lowest BCUT2D eigenvalue weighted by Crippen LogP contribution is -2.38. The summed E-state index contributed by atoms with van der Waals surface area (Å²) in [6.45, 7) is 5.86. The second-order valence-corrected chi connectivity index (χ2v) is 10.3. The van der Waals surface area contributed by atoms with E-state index in [1.54, 1.807) is 0 Å². The van der Waals surface area contributed by atoms with Crippen molar-refractivity contribution >= 4 is 45.1 Å². The zero-order valence-corrected chi connectivity index (χ0v) is 26.1. The highest BCUT2D eigenvalue weighted by Gasteiger charge is 2.11. The van der Waals surface area contributed by atoms with E-state index in [9.17, 15) is 9.59 Å². The highest BCUT2D eigenvalue weighted by atomic mass is 16.3. The van der Waals surface area contributed by atoms with E-state index in [0.717, 1.165) is 27.8 Å². The zero-order valence-electron chi connectivity index (χ0n) is 26.1. The van der Waals surface area contributed by atoms with Crippen LogP contribution in [0.3, 0.4) is 0 Å². The van der Waals surface area contributed by atoms with Gasteiger partial charge in [0.25, 0.3) is 0 Å². The van der Waals surface area contributed by atoms with Crippen molar-refractivity contribution in [3.63, 3.8) is 0 Å². The van der Waals surface area contributed by atoms with Gasteiger partial charge < -0.3 is 8.83 Å². The molecule has 2 aromatic heterocycles. The van der Waals surface area contributed by atoms with Crippen molar-refractivity contribution in [2.75, 3.05) is 0 Å². The van der Waals surface area contributed by atoms with E-state index in [0.29, 0.717) is 50.0 Å². The Kier molecular flexibility index (Phi) is 11.1. The second-order valence-electron chi connectivity index (χ2n) is 10.3. The van der Waals surface area contributed by atoms with E-state index in [1.165, 1.54) is 0 Å². The third-order valence-electron chi connectivity index (χ3n) is 7.71. The molecule has 47 heavy (non-hydrogen) atoms. The van der Waals surface area contributed by atoms with Crippen LogP contribution in [-0.2, 0) is 6.42 Å². The first-order valence-corrected chi connectivity index (χ1v) is 15.3. The highest BCUT2D eigenvalue weighted by molar-refractivity contribution is 5.92. The summed E-state index contributed by atoms with van der Waals surface area (Å²) in [6.07, 6.45) is 12.1. The van der Waals surface area contributed by atoms with E-state index in [2.05, 4.69) is 12.8 Å². The summed E-state index contributed by atoms with van der Waals surface area (Å²) in [5.74, 6) is 0. The smallest absolute Gasteiger partial charge is 0.200 e. The molecule has 0 unspecified atom stereocenters. The van der Waals surface area contributed by atoms with Gasteiger partial charge in [0.15, 0.2) is 5.43 Å². The molecule has 234 valence electrons. The molecule has 0 aliphatic heterocycles. The Bertz CT molecular complexity index is 2410. The first-order chi connectivity index (χ1) is 22.6. The molecule has 4 heteroatoms. The number of terminal acetylenes is 1. The molecule has 0 aliphatic rings. The summed E-state index contributed by atoms with van der Waals surface area (Å²) in [5, 5.41) is 2.09. The van der Waals surface area contributed by atoms with Crippen molar-refractivity contribution in [3.05, 3.63) is 152 Å². The summed E-state index contributed by atoms with van der Waals surface area (Å²) >= 11 is 0. The Morgan fingerprint density at radius 2 is 1.04 bits per heavy atom. The molecule has 5 aromatic carbocycles. The van der Waals surface area contributed by atoms with Gasteiger partial charge in [-0.1, -0.05) is 106 Å². The van der Waals surface area contributed by atoms with Gasteiger partial charge in [-0.2, -0.15) is 0 Å². The lowest BCUT2D eigenvalue weighted by molar-refractivity contribution is 0.558. The maximum Gasteiger partial charge on any atom is 0.200 e. The Hall–Kier alpha value is -5.92. The van der Waals surface area contributed by atoms with E-state index in [1.807, 2.05) is 148 Å². The third kappa shape index (κ3) is 6.85. The molecular weight excluding hydrogens is 580 g/mol. The second kappa shape index (κ2) is 15.4. The van der Waals surface area contributed by atoms with Gasteiger partial charge in [0, 0.05) is 0 Å². The van der Waals surface area contributed by atoms with Crippen LogP contribution < -0.4 is 21.5 Å². The van der Waals surface area contributed by atoms with Gasteiger partial charge in [-0.05, 0) is 83.6 Å². The average molecular weight is 619 g/mol. The summed E-state index contributed by atoms with van der Waals surface area (Å²) in [7, 11) is 0. The molecule has 0 radical (unpaired) electrons. The number of hydrogen-bond donors (Lipinski definition) is 0. The van der Waals surface area contributed by atoms with Gasteiger partial charge in [-0.3, -0.25) is 9.59 Å². The summed E-state index contributed by atoms with van der Waals surface area (Å²) in [5.41, 5.74) is 6.89. The molecule has 2 heterocycles. The average Bonchev–Trinajstić information content (AvgIpc) is 3.13. The summed E-state index contributed by atoms with van der Waals surface area (Å²) in [4.78, 5) is 27.3. The molecule has 0 aliphatic carbocycles. The topological polar surface area (TPSA) is 60.4 Å². The molecule has 7 aromatic rings. The first kappa shape index (κ1) is 34.0. The number of rotatable bonds is 4. The minimum atomic E-state index is -0.0816. The molecule has 4 nitrogen and oxygen atoms in total. The number of hydrogen-bond acceptors (Lipinski definition) is 4. The molecule has 0 spiro atoms. The van der Waals surface area contributed by atoms with Gasteiger partial charge in [-0.15, -0.1) is 12.8 Å². The monoisotopic (exact) mass is 618 g/mol. The lowest BCUT2D eigenvalue weighted by Gasteiger charge is -2.06. The van der Waals surface area contributed by atoms with Crippen molar-refractivity contribution < 1.29 is 8.83 Å². The predicted octanol–water partition coefficient (Wildman–Crippen LogP) is 9.12. The minimum absolute atomic E-state index is 0. The fraction of sp³-hybridized carbons (Fsp3) is 0.116. The molecule has 7 rings (SSSR count). The van der Waals surface area contributed by atoms with Gasteiger partial charge in [0.1, 0.15) is 22.2 Å². The van der Waals surface area contributed by atoms with Crippen LogP contribution >= 0.6 is 0 Å². The summed E-state index contributed by atoms with van der Waals surface area (Å²) < 4.78 is 12.2. The molecule has 0 bridgehead atoms. The maximum atomic E-state index is 13.7. The predicted molar refractivity (Wildman–Crippen MR) is 199 cm³/mol. The Morgan fingerprint density at radius 1 is 0.574 bits per heavy atom. The van der Waals surface area contributed by atoms with Crippen molar-refractivity contribution in [1.82, 2.24) is 0 Å². The molecule has 0 amide bonds. The number of benzene rings is 5. The van der Waals surface area contributed by atoms with E-state index < -0.39 is 0 Å². The van der Waals surface area contributed by atoms with Crippen LogP contribution in [-0.4, -0.2) is 0 Å². The van der Waals surface area contributed by atoms with Crippen LogP contribution in [0, 0.1) is 12.8 Å². The van der Waals surface area contributed by atoms with Crippen LogP contribution in [0.5, 0.6) is 0 Å². The van der Waals surface area contributed by atoms with Crippen molar-refractivity contribution in [3.8, 4) is 35.1 Å².